The summed E-state index contributed by atoms with van der Waals surface area (Å²) in [7, 11) is 0. The molecule has 2 rings (SSSR count). The van der Waals surface area contributed by atoms with Gasteiger partial charge in [0, 0.05) is 18.2 Å². The van der Waals surface area contributed by atoms with Crippen molar-refractivity contribution < 1.29 is 8.78 Å². The van der Waals surface area contributed by atoms with Crippen LogP contribution in [0, 0.1) is 11.6 Å². The van der Waals surface area contributed by atoms with Gasteiger partial charge in [-0.15, -0.1) is 0 Å². The Kier molecular flexibility index (Phi) is 4.30. The van der Waals surface area contributed by atoms with E-state index >= 15 is 0 Å². The predicted molar refractivity (Wildman–Crippen MR) is 68.2 cm³/mol. The Morgan fingerprint density at radius 1 is 1.44 bits per heavy atom. The van der Waals surface area contributed by atoms with Crippen molar-refractivity contribution in [2.75, 3.05) is 13.1 Å². The average molecular weight is 254 g/mol. The van der Waals surface area contributed by atoms with Gasteiger partial charge >= 0.3 is 0 Å². The second kappa shape index (κ2) is 5.76. The minimum absolute atomic E-state index is 0.215. The molecule has 1 heterocycles. The smallest absolute Gasteiger partial charge is 0.128 e. The van der Waals surface area contributed by atoms with Crippen LogP contribution in [0.15, 0.2) is 18.2 Å². The molecule has 2 nitrogen and oxygen atoms in total. The lowest BCUT2D eigenvalue weighted by atomic mass is 10.0. The van der Waals surface area contributed by atoms with E-state index in [1.54, 1.807) is 0 Å². The Balaban J connectivity index is 2.30. The van der Waals surface area contributed by atoms with Gasteiger partial charge in [-0.05, 0) is 44.0 Å². The highest BCUT2D eigenvalue weighted by Crippen LogP contribution is 2.31. The largest absolute Gasteiger partial charge is 0.329 e. The van der Waals surface area contributed by atoms with Gasteiger partial charge in [-0.2, -0.15) is 0 Å². The summed E-state index contributed by atoms with van der Waals surface area (Å²) in [6.07, 6.45) is 3.24. The number of rotatable bonds is 4. The van der Waals surface area contributed by atoms with Gasteiger partial charge < -0.3 is 5.73 Å². The van der Waals surface area contributed by atoms with Crippen LogP contribution in [0.4, 0.5) is 8.78 Å². The molecule has 0 bridgehead atoms. The van der Waals surface area contributed by atoms with Crippen LogP contribution in [0.25, 0.3) is 0 Å². The molecule has 1 aromatic carbocycles. The maximum atomic E-state index is 13.8. The monoisotopic (exact) mass is 254 g/mol. The van der Waals surface area contributed by atoms with Crippen molar-refractivity contribution in [3.8, 4) is 0 Å². The fraction of sp³-hybridized carbons (Fsp3) is 0.571. The zero-order valence-electron chi connectivity index (χ0n) is 10.7. The zero-order valence-corrected chi connectivity index (χ0v) is 10.7. The van der Waals surface area contributed by atoms with Crippen LogP contribution in [0.3, 0.4) is 0 Å². The van der Waals surface area contributed by atoms with E-state index in [0.29, 0.717) is 18.2 Å². The van der Waals surface area contributed by atoms with Crippen LogP contribution in [0.2, 0.25) is 0 Å². The highest BCUT2D eigenvalue weighted by atomic mass is 19.1. The van der Waals surface area contributed by atoms with Gasteiger partial charge in [0.05, 0.1) is 6.04 Å². The Morgan fingerprint density at radius 3 is 2.89 bits per heavy atom. The Morgan fingerprint density at radius 2 is 2.22 bits per heavy atom. The molecule has 0 amide bonds. The normalized spacial score (nSPS) is 22.3. The summed E-state index contributed by atoms with van der Waals surface area (Å²) in [5, 5.41) is 0. The van der Waals surface area contributed by atoms with E-state index in [-0.39, 0.29) is 11.9 Å². The number of nitrogens with zero attached hydrogens (tertiary/aromatic N) is 1. The highest BCUT2D eigenvalue weighted by molar-refractivity contribution is 5.23. The van der Waals surface area contributed by atoms with Crippen molar-refractivity contribution in [1.29, 1.82) is 0 Å². The fourth-order valence-electron chi connectivity index (χ4n) is 2.92. The first-order valence-electron chi connectivity index (χ1n) is 6.58. The zero-order chi connectivity index (χ0) is 13.1. The summed E-state index contributed by atoms with van der Waals surface area (Å²) in [5.41, 5.74) is 6.18. The van der Waals surface area contributed by atoms with Crippen LogP contribution in [0.1, 0.15) is 37.8 Å². The Labute approximate surface area is 107 Å². The molecule has 0 radical (unpaired) electrons. The Bertz CT molecular complexity index is 409. The molecule has 2 atom stereocenters. The van der Waals surface area contributed by atoms with Crippen molar-refractivity contribution in [2.45, 2.75) is 38.3 Å². The molecule has 0 saturated carbocycles. The van der Waals surface area contributed by atoms with E-state index in [0.717, 1.165) is 31.9 Å². The molecular weight excluding hydrogens is 234 g/mol. The van der Waals surface area contributed by atoms with Crippen LogP contribution in [-0.2, 0) is 0 Å². The Hall–Kier alpha value is -1.00. The molecule has 1 fully saturated rings. The molecule has 0 spiro atoms. The number of nitrogens with two attached hydrogens (primary N) is 1. The van der Waals surface area contributed by atoms with Crippen LogP contribution in [-0.4, -0.2) is 24.0 Å². The standard InChI is InChI=1S/C14H20F2N2/c1-2-11-4-3-7-18(11)14(9-17)12-8-10(15)5-6-13(12)16/h5-6,8,11,14H,2-4,7,9,17H2,1H3. The number of benzene rings is 1. The topological polar surface area (TPSA) is 29.3 Å². The van der Waals surface area contributed by atoms with Gasteiger partial charge in [0.25, 0.3) is 0 Å². The minimum Gasteiger partial charge on any atom is -0.329 e. The van der Waals surface area contributed by atoms with Gasteiger partial charge in [-0.1, -0.05) is 6.92 Å². The SMILES string of the molecule is CCC1CCCN1C(CN)c1cc(F)ccc1F. The lowest BCUT2D eigenvalue weighted by molar-refractivity contribution is 0.176. The van der Waals surface area contributed by atoms with Crippen LogP contribution < -0.4 is 5.73 Å². The highest BCUT2D eigenvalue weighted by Gasteiger charge is 2.31. The van der Waals surface area contributed by atoms with Crippen molar-refractivity contribution in [2.24, 2.45) is 5.73 Å². The third kappa shape index (κ3) is 2.54. The quantitative estimate of drug-likeness (QED) is 0.895. The lowest BCUT2D eigenvalue weighted by Gasteiger charge is -2.32. The summed E-state index contributed by atoms with van der Waals surface area (Å²) in [6, 6.07) is 3.82. The van der Waals surface area contributed by atoms with Crippen LogP contribution >= 0.6 is 0 Å². The van der Waals surface area contributed by atoms with E-state index in [4.69, 9.17) is 5.73 Å². The van der Waals surface area contributed by atoms with Crippen molar-refractivity contribution in [3.05, 3.63) is 35.4 Å². The van der Waals surface area contributed by atoms with Gasteiger partial charge in [0.15, 0.2) is 0 Å². The van der Waals surface area contributed by atoms with Gasteiger partial charge in [0.1, 0.15) is 11.6 Å². The average Bonchev–Trinajstić information content (AvgIpc) is 2.83. The van der Waals surface area contributed by atoms with Crippen molar-refractivity contribution in [3.63, 3.8) is 0 Å². The third-order valence-electron chi connectivity index (χ3n) is 3.83. The van der Waals surface area contributed by atoms with Gasteiger partial charge in [-0.3, -0.25) is 4.90 Å². The fourth-order valence-corrected chi connectivity index (χ4v) is 2.92. The molecule has 100 valence electrons. The summed E-state index contributed by atoms with van der Waals surface area (Å²) in [4.78, 5) is 2.22. The molecule has 18 heavy (non-hydrogen) atoms. The molecule has 0 aliphatic carbocycles. The second-order valence-corrected chi connectivity index (χ2v) is 4.86. The summed E-state index contributed by atoms with van der Waals surface area (Å²) in [6.45, 7) is 3.35. The van der Waals surface area contributed by atoms with Crippen molar-refractivity contribution in [1.82, 2.24) is 4.90 Å². The summed E-state index contributed by atoms with van der Waals surface area (Å²) < 4.78 is 27.1. The van der Waals surface area contributed by atoms with E-state index in [9.17, 15) is 8.78 Å². The molecule has 0 aromatic heterocycles. The summed E-state index contributed by atoms with van der Waals surface area (Å²) in [5.74, 6) is -0.773. The maximum Gasteiger partial charge on any atom is 0.128 e. The number of halogens is 2. The second-order valence-electron chi connectivity index (χ2n) is 4.86. The van der Waals surface area contributed by atoms with E-state index < -0.39 is 5.82 Å². The lowest BCUT2D eigenvalue weighted by Crippen LogP contribution is -2.37. The molecule has 2 N–H and O–H groups in total. The van der Waals surface area contributed by atoms with Crippen molar-refractivity contribution >= 4 is 0 Å². The molecule has 1 aliphatic heterocycles. The predicted octanol–water partition coefficient (Wildman–Crippen LogP) is 2.84. The first kappa shape index (κ1) is 13.4. The molecule has 1 aromatic rings. The van der Waals surface area contributed by atoms with E-state index in [2.05, 4.69) is 11.8 Å². The van der Waals surface area contributed by atoms with Crippen LogP contribution in [0.5, 0.6) is 0 Å². The van der Waals surface area contributed by atoms with E-state index in [1.165, 1.54) is 12.1 Å². The van der Waals surface area contributed by atoms with E-state index in [1.807, 2.05) is 0 Å². The minimum atomic E-state index is -0.405. The molecule has 1 aliphatic rings. The number of hydrogen-bond donors (Lipinski definition) is 1. The molecule has 1 saturated heterocycles. The number of hydrogen-bond acceptors (Lipinski definition) is 2. The first-order valence-corrected chi connectivity index (χ1v) is 6.58. The maximum absolute atomic E-state index is 13.8. The third-order valence-corrected chi connectivity index (χ3v) is 3.83. The molecule has 4 heteroatoms. The van der Waals surface area contributed by atoms with Gasteiger partial charge in [-0.25, -0.2) is 8.78 Å². The molecule has 2 unspecified atom stereocenters. The van der Waals surface area contributed by atoms with Gasteiger partial charge in [0.2, 0.25) is 0 Å². The summed E-state index contributed by atoms with van der Waals surface area (Å²) >= 11 is 0. The first-order chi connectivity index (χ1) is 8.67. The number of likely N-dealkylation sites (tertiary alicyclic amines) is 1. The molecular formula is C14H20F2N2.